The van der Waals surface area contributed by atoms with E-state index < -0.39 is 0 Å². The standard InChI is InChI=1S/C12H19ClN4/c1-5-17-11(12(13)10(3)15-17)8-16(4)7-9(2)6-14/h9H,5,7-8H2,1-4H3. The van der Waals surface area contributed by atoms with Crippen LogP contribution in [0.15, 0.2) is 0 Å². The van der Waals surface area contributed by atoms with E-state index in [0.29, 0.717) is 0 Å². The van der Waals surface area contributed by atoms with Crippen molar-refractivity contribution in [2.24, 2.45) is 5.92 Å². The monoisotopic (exact) mass is 254 g/mol. The van der Waals surface area contributed by atoms with Gasteiger partial charge < -0.3 is 0 Å². The van der Waals surface area contributed by atoms with Crippen molar-refractivity contribution in [3.63, 3.8) is 0 Å². The third kappa shape index (κ3) is 3.45. The molecule has 5 heteroatoms. The van der Waals surface area contributed by atoms with Crippen LogP contribution in [-0.4, -0.2) is 28.3 Å². The molecule has 0 saturated carbocycles. The Hall–Kier alpha value is -1.05. The van der Waals surface area contributed by atoms with Crippen LogP contribution in [0.4, 0.5) is 0 Å². The summed E-state index contributed by atoms with van der Waals surface area (Å²) in [5.74, 6) is 0.0258. The van der Waals surface area contributed by atoms with Gasteiger partial charge in [-0.05, 0) is 27.8 Å². The molecule has 0 aliphatic carbocycles. The van der Waals surface area contributed by atoms with E-state index in [1.807, 2.05) is 32.5 Å². The lowest BCUT2D eigenvalue weighted by atomic mass is 10.2. The van der Waals surface area contributed by atoms with Crippen LogP contribution in [0.1, 0.15) is 25.2 Å². The fourth-order valence-corrected chi connectivity index (χ4v) is 2.04. The van der Waals surface area contributed by atoms with E-state index >= 15 is 0 Å². The summed E-state index contributed by atoms with van der Waals surface area (Å²) in [6.07, 6.45) is 0. The number of hydrogen-bond donors (Lipinski definition) is 0. The highest BCUT2D eigenvalue weighted by Gasteiger charge is 2.15. The van der Waals surface area contributed by atoms with E-state index in [4.69, 9.17) is 16.9 Å². The van der Waals surface area contributed by atoms with Crippen molar-refractivity contribution in [1.29, 1.82) is 5.26 Å². The largest absolute Gasteiger partial charge is 0.299 e. The topological polar surface area (TPSA) is 44.9 Å². The molecule has 1 rings (SSSR count). The summed E-state index contributed by atoms with van der Waals surface area (Å²) in [4.78, 5) is 2.10. The molecule has 0 fully saturated rings. The Labute approximate surface area is 108 Å². The first-order chi connectivity index (χ1) is 7.99. The van der Waals surface area contributed by atoms with Crippen molar-refractivity contribution in [1.82, 2.24) is 14.7 Å². The molecule has 0 N–H and O–H groups in total. The molecular formula is C12H19ClN4. The van der Waals surface area contributed by atoms with Crippen LogP contribution in [0.2, 0.25) is 5.02 Å². The normalized spacial score (nSPS) is 12.8. The van der Waals surface area contributed by atoms with Gasteiger partial charge in [-0.3, -0.25) is 9.58 Å². The molecule has 1 aromatic heterocycles. The molecule has 0 amide bonds. The van der Waals surface area contributed by atoms with E-state index in [0.717, 1.165) is 36.0 Å². The van der Waals surface area contributed by atoms with Gasteiger partial charge in [-0.25, -0.2) is 0 Å². The number of nitrogens with zero attached hydrogens (tertiary/aromatic N) is 4. The maximum absolute atomic E-state index is 8.79. The molecule has 4 nitrogen and oxygen atoms in total. The minimum atomic E-state index is 0.0258. The molecule has 0 aromatic carbocycles. The first-order valence-electron chi connectivity index (χ1n) is 5.79. The predicted octanol–water partition coefficient (Wildman–Crippen LogP) is 2.46. The fourth-order valence-electron chi connectivity index (χ4n) is 1.85. The Morgan fingerprint density at radius 1 is 1.59 bits per heavy atom. The second-order valence-corrected chi connectivity index (χ2v) is 4.77. The van der Waals surface area contributed by atoms with Crippen LogP contribution in [0.5, 0.6) is 0 Å². The Bertz CT molecular complexity index is 419. The molecule has 1 atom stereocenters. The van der Waals surface area contributed by atoms with Gasteiger partial charge in [-0.1, -0.05) is 11.6 Å². The van der Waals surface area contributed by atoms with E-state index in [1.165, 1.54) is 0 Å². The highest BCUT2D eigenvalue weighted by Crippen LogP contribution is 2.21. The molecular weight excluding hydrogens is 236 g/mol. The van der Waals surface area contributed by atoms with Gasteiger partial charge in [0, 0.05) is 19.6 Å². The molecule has 0 saturated heterocycles. The average Bonchev–Trinajstić information content (AvgIpc) is 2.56. The van der Waals surface area contributed by atoms with E-state index in [1.54, 1.807) is 0 Å². The van der Waals surface area contributed by atoms with Crippen LogP contribution in [0, 0.1) is 24.2 Å². The molecule has 0 aliphatic heterocycles. The van der Waals surface area contributed by atoms with Gasteiger partial charge in [0.05, 0.1) is 28.4 Å². The minimum Gasteiger partial charge on any atom is -0.299 e. The summed E-state index contributed by atoms with van der Waals surface area (Å²) in [6, 6.07) is 2.23. The molecule has 1 heterocycles. The lowest BCUT2D eigenvalue weighted by Crippen LogP contribution is -2.25. The molecule has 0 bridgehead atoms. The maximum atomic E-state index is 8.79. The van der Waals surface area contributed by atoms with Crippen molar-refractivity contribution in [3.8, 4) is 6.07 Å². The second kappa shape index (κ2) is 6.04. The maximum Gasteiger partial charge on any atom is 0.0860 e. The lowest BCUT2D eigenvalue weighted by Gasteiger charge is -2.18. The van der Waals surface area contributed by atoms with Crippen LogP contribution >= 0.6 is 11.6 Å². The number of aryl methyl sites for hydroxylation is 2. The quantitative estimate of drug-likeness (QED) is 0.811. The third-order valence-corrected chi connectivity index (χ3v) is 3.17. The second-order valence-electron chi connectivity index (χ2n) is 4.39. The molecule has 1 aromatic rings. The minimum absolute atomic E-state index is 0.0258. The van der Waals surface area contributed by atoms with E-state index in [9.17, 15) is 0 Å². The highest BCUT2D eigenvalue weighted by molar-refractivity contribution is 6.31. The molecule has 0 aliphatic rings. The summed E-state index contributed by atoms with van der Waals surface area (Å²) in [6.45, 7) is 8.14. The molecule has 0 spiro atoms. The summed E-state index contributed by atoms with van der Waals surface area (Å²) < 4.78 is 1.92. The molecule has 0 radical (unpaired) electrons. The smallest absolute Gasteiger partial charge is 0.0860 e. The van der Waals surface area contributed by atoms with Gasteiger partial charge in [0.25, 0.3) is 0 Å². The molecule has 94 valence electrons. The van der Waals surface area contributed by atoms with Crippen molar-refractivity contribution in [2.45, 2.75) is 33.9 Å². The third-order valence-electron chi connectivity index (χ3n) is 2.68. The Morgan fingerprint density at radius 3 is 2.76 bits per heavy atom. The number of halogens is 1. The van der Waals surface area contributed by atoms with Gasteiger partial charge >= 0.3 is 0 Å². The van der Waals surface area contributed by atoms with E-state index in [-0.39, 0.29) is 5.92 Å². The highest BCUT2D eigenvalue weighted by atomic mass is 35.5. The summed E-state index contributed by atoms with van der Waals surface area (Å²) in [7, 11) is 1.99. The van der Waals surface area contributed by atoms with Gasteiger partial charge in [0.2, 0.25) is 0 Å². The Kier molecular flexibility index (Phi) is 4.98. The Morgan fingerprint density at radius 2 is 2.24 bits per heavy atom. The van der Waals surface area contributed by atoms with Crippen molar-refractivity contribution < 1.29 is 0 Å². The van der Waals surface area contributed by atoms with Crippen LogP contribution in [0.3, 0.4) is 0 Å². The van der Waals surface area contributed by atoms with Crippen LogP contribution < -0.4 is 0 Å². The van der Waals surface area contributed by atoms with Crippen molar-refractivity contribution in [3.05, 3.63) is 16.4 Å². The SMILES string of the molecule is CCn1nc(C)c(Cl)c1CN(C)CC(C)C#N. The summed E-state index contributed by atoms with van der Waals surface area (Å²) in [5.41, 5.74) is 1.89. The van der Waals surface area contributed by atoms with Crippen LogP contribution in [0.25, 0.3) is 0 Å². The van der Waals surface area contributed by atoms with Gasteiger partial charge in [0.15, 0.2) is 0 Å². The fraction of sp³-hybridized carbons (Fsp3) is 0.667. The van der Waals surface area contributed by atoms with E-state index in [2.05, 4.69) is 16.1 Å². The average molecular weight is 255 g/mol. The zero-order valence-corrected chi connectivity index (χ0v) is 11.6. The summed E-state index contributed by atoms with van der Waals surface area (Å²) >= 11 is 6.23. The van der Waals surface area contributed by atoms with Gasteiger partial charge in [-0.15, -0.1) is 0 Å². The first-order valence-corrected chi connectivity index (χ1v) is 6.17. The number of rotatable bonds is 5. The summed E-state index contributed by atoms with van der Waals surface area (Å²) in [5, 5.41) is 13.9. The number of aromatic nitrogens is 2. The Balaban J connectivity index is 2.77. The predicted molar refractivity (Wildman–Crippen MR) is 68.8 cm³/mol. The van der Waals surface area contributed by atoms with Crippen molar-refractivity contribution in [2.75, 3.05) is 13.6 Å². The van der Waals surface area contributed by atoms with Crippen molar-refractivity contribution >= 4 is 11.6 Å². The van der Waals surface area contributed by atoms with Gasteiger partial charge in [0.1, 0.15) is 0 Å². The first kappa shape index (κ1) is 14.0. The van der Waals surface area contributed by atoms with Crippen LogP contribution in [-0.2, 0) is 13.1 Å². The molecule has 1 unspecified atom stereocenters. The zero-order chi connectivity index (χ0) is 13.0. The zero-order valence-electron chi connectivity index (χ0n) is 10.9. The number of hydrogen-bond acceptors (Lipinski definition) is 3. The number of nitriles is 1. The molecule has 17 heavy (non-hydrogen) atoms. The van der Waals surface area contributed by atoms with Gasteiger partial charge in [-0.2, -0.15) is 10.4 Å². The lowest BCUT2D eigenvalue weighted by molar-refractivity contribution is 0.293.